The minimum Gasteiger partial charge on any atom is -0.504 e. The Morgan fingerprint density at radius 2 is 2.14 bits per heavy atom. The molecule has 0 bridgehead atoms. The summed E-state index contributed by atoms with van der Waals surface area (Å²) in [4.78, 5) is 4.34. The van der Waals surface area contributed by atoms with Crippen molar-refractivity contribution in [1.82, 2.24) is 15.5 Å². The monoisotopic (exact) mass is 289 g/mol. The van der Waals surface area contributed by atoms with Crippen molar-refractivity contribution in [3.05, 3.63) is 24.1 Å². The van der Waals surface area contributed by atoms with Gasteiger partial charge in [0.2, 0.25) is 11.7 Å². The summed E-state index contributed by atoms with van der Waals surface area (Å²) < 4.78 is 5.25. The lowest BCUT2D eigenvalue weighted by molar-refractivity contribution is 0.342. The molecule has 2 aromatic rings. The summed E-state index contributed by atoms with van der Waals surface area (Å²) >= 11 is 0. The van der Waals surface area contributed by atoms with Gasteiger partial charge in [-0.1, -0.05) is 11.6 Å². The fourth-order valence-electron chi connectivity index (χ4n) is 2.60. The number of nitrogens with zero attached hydrogens (tertiary/aromatic N) is 2. The molecule has 6 heteroatoms. The summed E-state index contributed by atoms with van der Waals surface area (Å²) in [6.45, 7) is 1.09. The van der Waals surface area contributed by atoms with Gasteiger partial charge in [0.15, 0.2) is 11.5 Å². The van der Waals surface area contributed by atoms with E-state index in [4.69, 9.17) is 4.52 Å². The first-order valence-corrected chi connectivity index (χ1v) is 7.31. The summed E-state index contributed by atoms with van der Waals surface area (Å²) in [6.07, 6.45) is 5.47. The molecule has 3 rings (SSSR count). The summed E-state index contributed by atoms with van der Waals surface area (Å²) in [5.74, 6) is 0.679. The van der Waals surface area contributed by atoms with Crippen LogP contribution < -0.4 is 5.32 Å². The van der Waals surface area contributed by atoms with Crippen LogP contribution in [-0.2, 0) is 6.42 Å². The number of hydrogen-bond acceptors (Lipinski definition) is 6. The molecule has 1 fully saturated rings. The van der Waals surface area contributed by atoms with Crippen LogP contribution in [0.1, 0.15) is 31.6 Å². The molecule has 0 spiro atoms. The second kappa shape index (κ2) is 6.13. The third-order valence-electron chi connectivity index (χ3n) is 3.82. The highest BCUT2D eigenvalue weighted by atomic mass is 16.5. The maximum atomic E-state index is 9.50. The van der Waals surface area contributed by atoms with Crippen molar-refractivity contribution in [3.8, 4) is 22.9 Å². The topological polar surface area (TPSA) is 91.4 Å². The van der Waals surface area contributed by atoms with Crippen LogP contribution in [-0.4, -0.2) is 32.9 Å². The lowest BCUT2D eigenvalue weighted by Crippen LogP contribution is -2.34. The van der Waals surface area contributed by atoms with Gasteiger partial charge < -0.3 is 20.1 Å². The predicted molar refractivity (Wildman–Crippen MR) is 77.0 cm³/mol. The van der Waals surface area contributed by atoms with Gasteiger partial charge in [-0.25, -0.2) is 0 Å². The fraction of sp³-hybridized carbons (Fsp3) is 0.467. The molecule has 1 aliphatic heterocycles. The second-order valence-corrected chi connectivity index (χ2v) is 5.40. The van der Waals surface area contributed by atoms with Gasteiger partial charge in [-0.3, -0.25) is 0 Å². The van der Waals surface area contributed by atoms with Crippen LogP contribution >= 0.6 is 0 Å². The van der Waals surface area contributed by atoms with E-state index in [1.54, 1.807) is 6.07 Å². The number of benzene rings is 1. The molecule has 21 heavy (non-hydrogen) atoms. The molecule has 1 atom stereocenters. The van der Waals surface area contributed by atoms with Crippen molar-refractivity contribution in [2.24, 2.45) is 0 Å². The van der Waals surface area contributed by atoms with Crippen molar-refractivity contribution in [1.29, 1.82) is 0 Å². The maximum Gasteiger partial charge on any atom is 0.227 e. The van der Waals surface area contributed by atoms with E-state index in [0.29, 0.717) is 23.3 Å². The van der Waals surface area contributed by atoms with Gasteiger partial charge in [0.25, 0.3) is 0 Å². The molecule has 1 aromatic carbocycles. The molecule has 1 saturated heterocycles. The van der Waals surface area contributed by atoms with E-state index in [1.165, 1.54) is 31.4 Å². The number of aryl methyl sites for hydroxylation is 1. The van der Waals surface area contributed by atoms with Crippen molar-refractivity contribution >= 4 is 0 Å². The summed E-state index contributed by atoms with van der Waals surface area (Å²) in [5.41, 5.74) is 0.621. The van der Waals surface area contributed by atoms with E-state index in [0.717, 1.165) is 19.4 Å². The largest absolute Gasteiger partial charge is 0.504 e. The highest BCUT2D eigenvalue weighted by Gasteiger charge is 2.15. The average molecular weight is 289 g/mol. The molecule has 0 radical (unpaired) electrons. The first-order valence-electron chi connectivity index (χ1n) is 7.31. The zero-order valence-corrected chi connectivity index (χ0v) is 11.7. The van der Waals surface area contributed by atoms with Crippen LogP contribution in [0.4, 0.5) is 0 Å². The summed E-state index contributed by atoms with van der Waals surface area (Å²) in [5, 5.41) is 26.2. The molecule has 1 unspecified atom stereocenters. The second-order valence-electron chi connectivity index (χ2n) is 5.40. The molecule has 0 saturated carbocycles. The van der Waals surface area contributed by atoms with Gasteiger partial charge in [-0.05, 0) is 44.0 Å². The van der Waals surface area contributed by atoms with E-state index >= 15 is 0 Å². The van der Waals surface area contributed by atoms with Crippen molar-refractivity contribution in [2.45, 2.75) is 38.1 Å². The summed E-state index contributed by atoms with van der Waals surface area (Å²) in [6, 6.07) is 5.01. The van der Waals surface area contributed by atoms with Gasteiger partial charge in [-0.15, -0.1) is 0 Å². The summed E-state index contributed by atoms with van der Waals surface area (Å²) in [7, 11) is 0. The third kappa shape index (κ3) is 3.33. The molecule has 0 aliphatic carbocycles. The first kappa shape index (κ1) is 13.9. The van der Waals surface area contributed by atoms with Crippen molar-refractivity contribution < 1.29 is 14.7 Å². The Kier molecular flexibility index (Phi) is 4.06. The quantitative estimate of drug-likeness (QED) is 0.748. The Balaban J connectivity index is 1.63. The van der Waals surface area contributed by atoms with E-state index in [2.05, 4.69) is 15.5 Å². The molecule has 0 amide bonds. The number of phenols is 2. The van der Waals surface area contributed by atoms with E-state index in [9.17, 15) is 10.2 Å². The number of phenolic OH excluding ortho intramolecular Hbond substituents is 2. The smallest absolute Gasteiger partial charge is 0.227 e. The Bertz CT molecular complexity index is 606. The minimum atomic E-state index is -0.190. The maximum absolute atomic E-state index is 9.50. The average Bonchev–Trinajstić information content (AvgIpc) is 2.98. The van der Waals surface area contributed by atoms with Crippen LogP contribution in [0.2, 0.25) is 0 Å². The van der Waals surface area contributed by atoms with Crippen LogP contribution in [0.15, 0.2) is 22.7 Å². The van der Waals surface area contributed by atoms with Crippen LogP contribution in [0.3, 0.4) is 0 Å². The molecule has 1 aliphatic rings. The van der Waals surface area contributed by atoms with Gasteiger partial charge in [0.1, 0.15) is 0 Å². The normalized spacial score (nSPS) is 18.8. The molecule has 112 valence electrons. The Labute approximate surface area is 122 Å². The standard InChI is InChI=1S/C15H19N3O3/c19-12-6-4-10(9-13(12)20)15-17-14(21-18-15)7-5-11-3-1-2-8-16-11/h4,6,9,11,16,19-20H,1-3,5,7-8H2. The zero-order valence-electron chi connectivity index (χ0n) is 11.7. The Morgan fingerprint density at radius 3 is 2.90 bits per heavy atom. The third-order valence-corrected chi connectivity index (χ3v) is 3.82. The highest BCUT2D eigenvalue weighted by Crippen LogP contribution is 2.29. The van der Waals surface area contributed by atoms with Crippen molar-refractivity contribution in [3.63, 3.8) is 0 Å². The van der Waals surface area contributed by atoms with Gasteiger partial charge in [0, 0.05) is 18.0 Å². The molecule has 1 aromatic heterocycles. The van der Waals surface area contributed by atoms with Crippen LogP contribution in [0.5, 0.6) is 11.5 Å². The van der Waals surface area contributed by atoms with Gasteiger partial charge in [0.05, 0.1) is 0 Å². The number of aromatic hydroxyl groups is 2. The van der Waals surface area contributed by atoms with Gasteiger partial charge >= 0.3 is 0 Å². The Hall–Kier alpha value is -2.08. The molecular weight excluding hydrogens is 270 g/mol. The molecule has 6 nitrogen and oxygen atoms in total. The van der Waals surface area contributed by atoms with E-state index < -0.39 is 0 Å². The molecule has 2 heterocycles. The predicted octanol–water partition coefficient (Wildman–Crippen LogP) is 2.22. The fourth-order valence-corrected chi connectivity index (χ4v) is 2.60. The molecular formula is C15H19N3O3. The molecule has 3 N–H and O–H groups in total. The van der Waals surface area contributed by atoms with Crippen LogP contribution in [0.25, 0.3) is 11.4 Å². The number of rotatable bonds is 4. The SMILES string of the molecule is Oc1ccc(-c2noc(CCC3CCCCN3)n2)cc1O. The van der Waals surface area contributed by atoms with Crippen LogP contribution in [0, 0.1) is 0 Å². The number of aromatic nitrogens is 2. The lowest BCUT2D eigenvalue weighted by Gasteiger charge is -2.22. The Morgan fingerprint density at radius 1 is 1.24 bits per heavy atom. The lowest BCUT2D eigenvalue weighted by atomic mass is 10.0. The van der Waals surface area contributed by atoms with Gasteiger partial charge in [-0.2, -0.15) is 4.98 Å². The number of piperidine rings is 1. The number of hydrogen-bond donors (Lipinski definition) is 3. The number of nitrogens with one attached hydrogen (secondary N) is 1. The van der Waals surface area contributed by atoms with E-state index in [-0.39, 0.29) is 11.5 Å². The first-order chi connectivity index (χ1) is 10.2. The minimum absolute atomic E-state index is 0.161. The highest BCUT2D eigenvalue weighted by molar-refractivity contribution is 5.59. The zero-order chi connectivity index (χ0) is 14.7. The van der Waals surface area contributed by atoms with E-state index in [1.807, 2.05) is 0 Å². The van der Waals surface area contributed by atoms with Crippen molar-refractivity contribution in [2.75, 3.05) is 6.54 Å².